The standard InChI is InChI=1S/C21H29N3O3S/c1-15(2)28(26,27)22-11-7-13-24-17-9-4-3-8-16(17)20-19(25)14-23-12-6-5-10-18(23)21(20)24/h3-4,8-9,15,18,22H,5-7,10-14H2,1-2H3/t18-/m0/s1. The lowest BCUT2D eigenvalue weighted by Gasteiger charge is -2.39. The molecule has 7 heteroatoms. The van der Waals surface area contributed by atoms with Crippen molar-refractivity contribution in [2.75, 3.05) is 19.6 Å². The smallest absolute Gasteiger partial charge is 0.213 e. The number of rotatable bonds is 6. The van der Waals surface area contributed by atoms with Crippen molar-refractivity contribution in [3.8, 4) is 0 Å². The number of hydrogen-bond donors (Lipinski definition) is 1. The number of para-hydroxylation sites is 1. The van der Waals surface area contributed by atoms with E-state index in [-0.39, 0.29) is 5.78 Å². The first kappa shape index (κ1) is 19.6. The van der Waals surface area contributed by atoms with Crippen molar-refractivity contribution in [1.29, 1.82) is 0 Å². The zero-order chi connectivity index (χ0) is 19.9. The first-order valence-corrected chi connectivity index (χ1v) is 11.8. The van der Waals surface area contributed by atoms with Gasteiger partial charge in [0.25, 0.3) is 0 Å². The highest BCUT2D eigenvalue weighted by Crippen LogP contribution is 2.41. The van der Waals surface area contributed by atoms with Crippen molar-refractivity contribution in [3.05, 3.63) is 35.5 Å². The minimum absolute atomic E-state index is 0.212. The van der Waals surface area contributed by atoms with Gasteiger partial charge in [0.15, 0.2) is 5.78 Å². The van der Waals surface area contributed by atoms with E-state index in [1.165, 1.54) is 6.42 Å². The highest BCUT2D eigenvalue weighted by atomic mass is 32.2. The molecule has 0 radical (unpaired) electrons. The Hall–Kier alpha value is -1.70. The van der Waals surface area contributed by atoms with Gasteiger partial charge in [-0.3, -0.25) is 9.69 Å². The number of sulfonamides is 1. The van der Waals surface area contributed by atoms with Crippen LogP contribution < -0.4 is 4.72 Å². The summed E-state index contributed by atoms with van der Waals surface area (Å²) in [5.74, 6) is 0.212. The number of carbonyl (C=O) groups excluding carboxylic acids is 1. The summed E-state index contributed by atoms with van der Waals surface area (Å²) >= 11 is 0. The number of aromatic nitrogens is 1. The number of hydrogen-bond acceptors (Lipinski definition) is 4. The van der Waals surface area contributed by atoms with Gasteiger partial charge in [-0.25, -0.2) is 13.1 Å². The molecular formula is C21H29N3O3S. The van der Waals surface area contributed by atoms with Crippen molar-refractivity contribution >= 4 is 26.7 Å². The number of Topliss-reactive ketones (excluding diaryl/α,β-unsaturated/α-hetero) is 1. The fraction of sp³-hybridized carbons (Fsp3) is 0.571. The lowest BCUT2D eigenvalue weighted by molar-refractivity contribution is 0.0777. The second-order valence-electron chi connectivity index (χ2n) is 8.18. The van der Waals surface area contributed by atoms with Gasteiger partial charge in [-0.15, -0.1) is 0 Å². The van der Waals surface area contributed by atoms with Crippen molar-refractivity contribution in [2.45, 2.75) is 57.4 Å². The van der Waals surface area contributed by atoms with Crippen molar-refractivity contribution < 1.29 is 13.2 Å². The Bertz CT molecular complexity index is 994. The maximum atomic E-state index is 13.0. The molecule has 28 heavy (non-hydrogen) atoms. The predicted molar refractivity (Wildman–Crippen MR) is 111 cm³/mol. The molecule has 0 spiro atoms. The van der Waals surface area contributed by atoms with E-state index in [4.69, 9.17) is 0 Å². The van der Waals surface area contributed by atoms with Crippen LogP contribution in [0.15, 0.2) is 24.3 Å². The van der Waals surface area contributed by atoms with E-state index >= 15 is 0 Å². The van der Waals surface area contributed by atoms with Crippen LogP contribution in [0.3, 0.4) is 0 Å². The fourth-order valence-electron chi connectivity index (χ4n) is 4.58. The van der Waals surface area contributed by atoms with E-state index in [0.29, 0.717) is 32.1 Å². The Labute approximate surface area is 166 Å². The van der Waals surface area contributed by atoms with Gasteiger partial charge in [-0.2, -0.15) is 0 Å². The summed E-state index contributed by atoms with van der Waals surface area (Å²) in [7, 11) is -3.25. The van der Waals surface area contributed by atoms with E-state index in [1.54, 1.807) is 13.8 Å². The molecule has 1 saturated heterocycles. The van der Waals surface area contributed by atoms with Crippen molar-refractivity contribution in [2.24, 2.45) is 0 Å². The maximum Gasteiger partial charge on any atom is 0.213 e. The minimum atomic E-state index is -3.25. The van der Waals surface area contributed by atoms with E-state index in [1.807, 2.05) is 18.2 Å². The van der Waals surface area contributed by atoms with E-state index in [9.17, 15) is 13.2 Å². The molecule has 0 bridgehead atoms. The maximum absolute atomic E-state index is 13.0. The summed E-state index contributed by atoms with van der Waals surface area (Å²) in [6.07, 6.45) is 4.11. The van der Waals surface area contributed by atoms with Crippen molar-refractivity contribution in [3.63, 3.8) is 0 Å². The number of fused-ring (bicyclic) bond motifs is 5. The number of ketones is 1. The van der Waals surface area contributed by atoms with Gasteiger partial charge in [-0.05, 0) is 45.7 Å². The van der Waals surface area contributed by atoms with Crippen LogP contribution in [0.5, 0.6) is 0 Å². The molecule has 152 valence electrons. The summed E-state index contributed by atoms with van der Waals surface area (Å²) in [6.45, 7) is 5.96. The molecule has 0 amide bonds. The van der Waals surface area contributed by atoms with Crippen LogP contribution in [-0.2, 0) is 16.6 Å². The lowest BCUT2D eigenvalue weighted by atomic mass is 9.90. The molecule has 1 aromatic heterocycles. The Morgan fingerprint density at radius 2 is 2.00 bits per heavy atom. The van der Waals surface area contributed by atoms with Crippen LogP contribution in [0, 0.1) is 0 Å². The molecule has 0 saturated carbocycles. The number of carbonyl (C=O) groups is 1. The lowest BCUT2D eigenvalue weighted by Crippen LogP contribution is -2.42. The van der Waals surface area contributed by atoms with Crippen LogP contribution in [0.4, 0.5) is 0 Å². The average molecular weight is 404 g/mol. The van der Waals surface area contributed by atoms with Crippen LogP contribution in [-0.4, -0.2) is 48.6 Å². The number of benzene rings is 1. The van der Waals surface area contributed by atoms with Crippen LogP contribution in [0.1, 0.15) is 61.6 Å². The molecule has 1 N–H and O–H groups in total. The number of nitrogens with one attached hydrogen (secondary N) is 1. The first-order valence-electron chi connectivity index (χ1n) is 10.3. The number of piperidine rings is 1. The normalized spacial score (nSPS) is 20.5. The Kier molecular flexibility index (Phi) is 5.33. The van der Waals surface area contributed by atoms with Gasteiger partial charge in [0.1, 0.15) is 0 Å². The van der Waals surface area contributed by atoms with Gasteiger partial charge >= 0.3 is 0 Å². The Morgan fingerprint density at radius 1 is 1.21 bits per heavy atom. The van der Waals surface area contributed by atoms with Gasteiger partial charge in [-0.1, -0.05) is 24.6 Å². The molecule has 0 unspecified atom stereocenters. The quantitative estimate of drug-likeness (QED) is 0.753. The van der Waals surface area contributed by atoms with E-state index in [2.05, 4.69) is 20.3 Å². The largest absolute Gasteiger partial charge is 0.342 e. The molecule has 2 aliphatic heterocycles. The molecule has 3 heterocycles. The van der Waals surface area contributed by atoms with Crippen LogP contribution >= 0.6 is 0 Å². The molecule has 1 fully saturated rings. The summed E-state index contributed by atoms with van der Waals surface area (Å²) in [5.41, 5.74) is 3.12. The molecule has 0 aliphatic carbocycles. The van der Waals surface area contributed by atoms with Gasteiger partial charge in [0, 0.05) is 35.2 Å². The zero-order valence-electron chi connectivity index (χ0n) is 16.6. The fourth-order valence-corrected chi connectivity index (χ4v) is 5.34. The van der Waals surface area contributed by atoms with Crippen LogP contribution in [0.2, 0.25) is 0 Å². The van der Waals surface area contributed by atoms with Gasteiger partial charge < -0.3 is 4.57 Å². The second kappa shape index (κ2) is 7.61. The minimum Gasteiger partial charge on any atom is -0.342 e. The highest BCUT2D eigenvalue weighted by Gasteiger charge is 2.38. The SMILES string of the molecule is CC(C)S(=O)(=O)NCCCn1c2c(c3ccccc31)C(=O)CN1CCCC[C@@H]21. The monoisotopic (exact) mass is 403 g/mol. The Balaban J connectivity index is 1.66. The summed E-state index contributed by atoms with van der Waals surface area (Å²) in [4.78, 5) is 15.3. The van der Waals surface area contributed by atoms with E-state index < -0.39 is 15.3 Å². The molecule has 1 atom stereocenters. The third-order valence-electron chi connectivity index (χ3n) is 6.05. The third kappa shape index (κ3) is 3.40. The van der Waals surface area contributed by atoms with Crippen LogP contribution in [0.25, 0.3) is 10.9 Å². The molecule has 1 aromatic carbocycles. The third-order valence-corrected chi connectivity index (χ3v) is 7.90. The zero-order valence-corrected chi connectivity index (χ0v) is 17.5. The summed E-state index contributed by atoms with van der Waals surface area (Å²) in [6, 6.07) is 8.41. The summed E-state index contributed by atoms with van der Waals surface area (Å²) in [5, 5.41) is 0.608. The second-order valence-corrected chi connectivity index (χ2v) is 10.5. The first-order chi connectivity index (χ1) is 13.4. The molecular weight excluding hydrogens is 374 g/mol. The number of nitrogens with zero attached hydrogens (tertiary/aromatic N) is 2. The number of aryl methyl sites for hydroxylation is 1. The topological polar surface area (TPSA) is 71.4 Å². The predicted octanol–water partition coefficient (Wildman–Crippen LogP) is 3.08. The van der Waals surface area contributed by atoms with Gasteiger partial charge in [0.2, 0.25) is 10.0 Å². The molecule has 4 rings (SSSR count). The Morgan fingerprint density at radius 3 is 2.79 bits per heavy atom. The van der Waals surface area contributed by atoms with Gasteiger partial charge in [0.05, 0.1) is 17.8 Å². The molecule has 6 nitrogen and oxygen atoms in total. The van der Waals surface area contributed by atoms with E-state index in [0.717, 1.165) is 41.5 Å². The average Bonchev–Trinajstić information content (AvgIpc) is 3.00. The van der Waals surface area contributed by atoms with Crippen molar-refractivity contribution in [1.82, 2.24) is 14.2 Å². The molecule has 2 aliphatic rings. The highest BCUT2D eigenvalue weighted by molar-refractivity contribution is 7.90. The molecule has 2 aromatic rings. The summed E-state index contributed by atoms with van der Waals surface area (Å²) < 4.78 is 29.0.